The van der Waals surface area contributed by atoms with Gasteiger partial charge in [-0.05, 0) is 38.1 Å². The number of oxazole rings is 1. The Hall–Kier alpha value is -2.80. The summed E-state index contributed by atoms with van der Waals surface area (Å²) in [6.45, 7) is 4.77. The molecular weight excluding hydrogens is 348 g/mol. The van der Waals surface area contributed by atoms with Crippen LogP contribution in [0.2, 0.25) is 0 Å². The van der Waals surface area contributed by atoms with E-state index in [0.29, 0.717) is 11.6 Å². The van der Waals surface area contributed by atoms with Gasteiger partial charge >= 0.3 is 0 Å². The van der Waals surface area contributed by atoms with Crippen LogP contribution >= 0.6 is 11.8 Å². The zero-order chi connectivity index (χ0) is 17.9. The lowest BCUT2D eigenvalue weighted by atomic mass is 10.2. The van der Waals surface area contributed by atoms with Crippen LogP contribution in [0.15, 0.2) is 62.7 Å². The summed E-state index contributed by atoms with van der Waals surface area (Å²) < 4.78 is 13.3. The Morgan fingerprint density at radius 3 is 2.65 bits per heavy atom. The van der Waals surface area contributed by atoms with Crippen LogP contribution in [-0.4, -0.2) is 19.7 Å². The minimum absolute atomic E-state index is 0.645. The van der Waals surface area contributed by atoms with Crippen molar-refractivity contribution in [2.75, 3.05) is 0 Å². The van der Waals surface area contributed by atoms with E-state index in [1.54, 1.807) is 18.0 Å². The topological polar surface area (TPSA) is 69.9 Å². The molecule has 0 atom stereocenters. The summed E-state index contributed by atoms with van der Waals surface area (Å²) in [4.78, 5) is 4.64. The smallest absolute Gasteiger partial charge is 0.226 e. The molecule has 0 fully saturated rings. The quantitative estimate of drug-likeness (QED) is 0.456. The van der Waals surface area contributed by atoms with Crippen molar-refractivity contribution in [2.45, 2.75) is 31.3 Å². The van der Waals surface area contributed by atoms with Crippen molar-refractivity contribution in [1.29, 1.82) is 0 Å². The first-order chi connectivity index (χ1) is 12.8. The lowest BCUT2D eigenvalue weighted by Gasteiger charge is -2.04. The Kier molecular flexibility index (Phi) is 4.62. The molecule has 3 heterocycles. The van der Waals surface area contributed by atoms with Gasteiger partial charge in [-0.3, -0.25) is 4.57 Å². The second-order valence-corrected chi connectivity index (χ2v) is 6.65. The third-order valence-corrected chi connectivity index (χ3v) is 5.00. The number of nitrogens with zero attached hydrogens (tertiary/aromatic N) is 4. The van der Waals surface area contributed by atoms with Gasteiger partial charge in [0.15, 0.2) is 16.7 Å². The third-order valence-electron chi connectivity index (χ3n) is 4.03. The molecule has 0 saturated heterocycles. The Bertz CT molecular complexity index is 990. The molecule has 26 heavy (non-hydrogen) atoms. The molecule has 4 aromatic rings. The number of hydrogen-bond acceptors (Lipinski definition) is 6. The van der Waals surface area contributed by atoms with Gasteiger partial charge in [0.2, 0.25) is 5.89 Å². The van der Waals surface area contributed by atoms with E-state index in [4.69, 9.17) is 8.83 Å². The maximum atomic E-state index is 5.83. The van der Waals surface area contributed by atoms with Crippen LogP contribution in [0.25, 0.3) is 23.0 Å². The van der Waals surface area contributed by atoms with E-state index in [2.05, 4.69) is 22.1 Å². The van der Waals surface area contributed by atoms with Crippen molar-refractivity contribution in [3.63, 3.8) is 0 Å². The average molecular weight is 366 g/mol. The molecule has 0 unspecified atom stereocenters. The Morgan fingerprint density at radius 1 is 1.08 bits per heavy atom. The van der Waals surface area contributed by atoms with Crippen molar-refractivity contribution in [2.24, 2.45) is 0 Å². The molecule has 0 N–H and O–H groups in total. The molecule has 0 saturated carbocycles. The van der Waals surface area contributed by atoms with Gasteiger partial charge in [-0.1, -0.05) is 30.0 Å². The first-order valence-corrected chi connectivity index (χ1v) is 9.36. The molecule has 0 amide bonds. The normalized spacial score (nSPS) is 11.2. The summed E-state index contributed by atoms with van der Waals surface area (Å²) in [5.41, 5.74) is 1.89. The molecule has 7 heteroatoms. The van der Waals surface area contributed by atoms with Crippen LogP contribution < -0.4 is 0 Å². The fraction of sp³-hybridized carbons (Fsp3) is 0.211. The molecule has 0 radical (unpaired) electrons. The molecule has 0 bridgehead atoms. The van der Waals surface area contributed by atoms with Crippen LogP contribution in [0.1, 0.15) is 18.4 Å². The number of furan rings is 1. The highest BCUT2D eigenvalue weighted by Crippen LogP contribution is 2.29. The van der Waals surface area contributed by atoms with Crippen molar-refractivity contribution < 1.29 is 8.83 Å². The Morgan fingerprint density at radius 2 is 1.92 bits per heavy atom. The number of aryl methyl sites for hydroxylation is 1. The summed E-state index contributed by atoms with van der Waals surface area (Å²) in [7, 11) is 0. The minimum Gasteiger partial charge on any atom is -0.461 e. The number of rotatable bonds is 6. The van der Waals surface area contributed by atoms with Gasteiger partial charge in [0.25, 0.3) is 0 Å². The number of benzene rings is 1. The van der Waals surface area contributed by atoms with E-state index in [-0.39, 0.29) is 0 Å². The standard InChI is InChI=1S/C19H18N4O2S/c1-3-23-17(16-10-7-11-24-16)21-22-19(23)26-12-15-13(2)25-18(20-15)14-8-5-4-6-9-14/h4-11H,3,12H2,1-2H3. The molecule has 0 aliphatic heterocycles. The van der Waals surface area contributed by atoms with Gasteiger partial charge in [0.05, 0.1) is 12.0 Å². The molecule has 3 aromatic heterocycles. The van der Waals surface area contributed by atoms with Crippen LogP contribution in [0.4, 0.5) is 0 Å². The molecule has 4 rings (SSSR count). The summed E-state index contributed by atoms with van der Waals surface area (Å²) in [5.74, 6) is 3.59. The number of hydrogen-bond donors (Lipinski definition) is 0. The number of thioether (sulfide) groups is 1. The maximum absolute atomic E-state index is 5.83. The maximum Gasteiger partial charge on any atom is 0.226 e. The lowest BCUT2D eigenvalue weighted by molar-refractivity contribution is 0.540. The van der Waals surface area contributed by atoms with Crippen molar-refractivity contribution >= 4 is 11.8 Å². The Balaban J connectivity index is 1.54. The monoisotopic (exact) mass is 366 g/mol. The van der Waals surface area contributed by atoms with E-state index in [1.165, 1.54) is 0 Å². The third kappa shape index (κ3) is 3.17. The lowest BCUT2D eigenvalue weighted by Crippen LogP contribution is -1.99. The van der Waals surface area contributed by atoms with Crippen LogP contribution in [0.5, 0.6) is 0 Å². The van der Waals surface area contributed by atoms with Gasteiger partial charge in [-0.25, -0.2) is 4.98 Å². The molecule has 132 valence electrons. The fourth-order valence-electron chi connectivity index (χ4n) is 2.67. The largest absolute Gasteiger partial charge is 0.461 e. The summed E-state index contributed by atoms with van der Waals surface area (Å²) >= 11 is 1.59. The summed E-state index contributed by atoms with van der Waals surface area (Å²) in [6.07, 6.45) is 1.64. The molecule has 0 aliphatic rings. The molecule has 1 aromatic carbocycles. The highest BCUT2D eigenvalue weighted by atomic mass is 32.2. The van der Waals surface area contributed by atoms with Gasteiger partial charge in [-0.2, -0.15) is 0 Å². The molecule has 0 aliphatic carbocycles. The van der Waals surface area contributed by atoms with E-state index >= 15 is 0 Å². The first-order valence-electron chi connectivity index (χ1n) is 8.38. The molecule has 0 spiro atoms. The SMILES string of the molecule is CCn1c(SCc2nc(-c3ccccc3)oc2C)nnc1-c1ccco1. The molecule has 6 nitrogen and oxygen atoms in total. The van der Waals surface area contributed by atoms with Gasteiger partial charge in [-0.15, -0.1) is 10.2 Å². The van der Waals surface area contributed by atoms with Gasteiger partial charge in [0.1, 0.15) is 5.76 Å². The van der Waals surface area contributed by atoms with Crippen LogP contribution in [-0.2, 0) is 12.3 Å². The summed E-state index contributed by atoms with van der Waals surface area (Å²) in [5, 5.41) is 9.42. The molecular formula is C19H18N4O2S. The highest BCUT2D eigenvalue weighted by Gasteiger charge is 2.17. The predicted molar refractivity (Wildman–Crippen MR) is 99.6 cm³/mol. The van der Waals surface area contributed by atoms with E-state index in [1.807, 2.05) is 54.0 Å². The van der Waals surface area contributed by atoms with E-state index in [0.717, 1.165) is 40.3 Å². The summed E-state index contributed by atoms with van der Waals surface area (Å²) in [6, 6.07) is 13.6. The van der Waals surface area contributed by atoms with E-state index < -0.39 is 0 Å². The fourth-order valence-corrected chi connectivity index (χ4v) is 3.67. The second-order valence-electron chi connectivity index (χ2n) is 5.70. The van der Waals surface area contributed by atoms with Crippen molar-refractivity contribution in [1.82, 2.24) is 19.7 Å². The average Bonchev–Trinajstić information content (AvgIpc) is 3.40. The van der Waals surface area contributed by atoms with Crippen molar-refractivity contribution in [3.8, 4) is 23.0 Å². The number of aromatic nitrogens is 4. The van der Waals surface area contributed by atoms with E-state index in [9.17, 15) is 0 Å². The highest BCUT2D eigenvalue weighted by molar-refractivity contribution is 7.98. The van der Waals surface area contributed by atoms with Gasteiger partial charge in [0, 0.05) is 17.9 Å². The second kappa shape index (κ2) is 7.21. The predicted octanol–water partition coefficient (Wildman–Crippen LogP) is 4.81. The minimum atomic E-state index is 0.645. The zero-order valence-corrected chi connectivity index (χ0v) is 15.4. The van der Waals surface area contributed by atoms with Crippen LogP contribution in [0.3, 0.4) is 0 Å². The van der Waals surface area contributed by atoms with Gasteiger partial charge < -0.3 is 8.83 Å². The Labute approximate surface area is 155 Å². The zero-order valence-electron chi connectivity index (χ0n) is 14.5. The van der Waals surface area contributed by atoms with Crippen molar-refractivity contribution in [3.05, 3.63) is 60.2 Å². The first kappa shape index (κ1) is 16.7. The van der Waals surface area contributed by atoms with Crippen LogP contribution in [0, 0.1) is 6.92 Å².